The van der Waals surface area contributed by atoms with E-state index < -0.39 is 0 Å². The van der Waals surface area contributed by atoms with Gasteiger partial charge in [0.1, 0.15) is 0 Å². The lowest BCUT2D eigenvalue weighted by Crippen LogP contribution is -1.84. The highest BCUT2D eigenvalue weighted by molar-refractivity contribution is 6.43. The van der Waals surface area contributed by atoms with Crippen molar-refractivity contribution in [3.8, 4) is 0 Å². The molecule has 0 saturated carbocycles. The molecule has 0 radical (unpaired) electrons. The van der Waals surface area contributed by atoms with Crippen LogP contribution in [0.15, 0.2) is 18.1 Å². The number of nitrogen functional groups attached to an aromatic ring is 1. The molecule has 3 heteroatoms. The summed E-state index contributed by atoms with van der Waals surface area (Å²) in [6.07, 6.45) is 0. The van der Waals surface area contributed by atoms with Crippen molar-refractivity contribution in [3.63, 3.8) is 0 Å². The minimum Gasteiger partial charge on any atom is -0.397 e. The third-order valence-electron chi connectivity index (χ3n) is 0.799. The smallest absolute Gasteiger partial charge is 0.0821 e. The van der Waals surface area contributed by atoms with E-state index in [2.05, 4.69) is 0 Å². The molecule has 0 aromatic heterocycles. The normalized spacial score (nSPS) is 14.2. The number of benzene rings is 1. The number of hydrogen-bond donors (Lipinski definition) is 1. The summed E-state index contributed by atoms with van der Waals surface area (Å²) in [7, 11) is 0. The summed E-state index contributed by atoms with van der Waals surface area (Å²) in [6, 6.07) is -0.822. The Morgan fingerprint density at radius 1 is 1.44 bits per heavy atom. The van der Waals surface area contributed by atoms with Gasteiger partial charge in [0.05, 0.1) is 19.8 Å². The van der Waals surface area contributed by atoms with Crippen LogP contribution < -0.4 is 5.73 Å². The van der Waals surface area contributed by atoms with Gasteiger partial charge in [-0.05, 0) is 12.1 Å². The number of anilines is 1. The average Bonchev–Trinajstić information content (AvgIpc) is 2.08. The molecule has 9 heavy (non-hydrogen) atoms. The number of halogens is 2. The van der Waals surface area contributed by atoms with Crippen LogP contribution in [0.5, 0.6) is 0 Å². The van der Waals surface area contributed by atoms with Crippen LogP contribution in [0, 0.1) is 0 Å². The maximum Gasteiger partial charge on any atom is 0.0821 e. The molecule has 1 aromatic rings. The van der Waals surface area contributed by atoms with Crippen LogP contribution in [0.2, 0.25) is 10.0 Å². The fourth-order valence-corrected chi connectivity index (χ4v) is 0.625. The molecule has 48 valence electrons. The van der Waals surface area contributed by atoms with Crippen LogP contribution in [-0.2, 0) is 0 Å². The van der Waals surface area contributed by atoms with Crippen molar-refractivity contribution in [2.45, 2.75) is 0 Å². The topological polar surface area (TPSA) is 26.0 Å². The molecule has 0 fully saturated rings. The van der Waals surface area contributed by atoms with Crippen molar-refractivity contribution >= 4 is 28.9 Å². The molecule has 0 aliphatic rings. The van der Waals surface area contributed by atoms with Gasteiger partial charge in [-0.3, -0.25) is 0 Å². The lowest BCUT2D eigenvalue weighted by atomic mass is 10.3. The fourth-order valence-electron chi connectivity index (χ4n) is 0.381. The van der Waals surface area contributed by atoms with Gasteiger partial charge in [-0.1, -0.05) is 29.2 Å². The summed E-state index contributed by atoms with van der Waals surface area (Å²) in [5.41, 5.74) is 5.29. The summed E-state index contributed by atoms with van der Waals surface area (Å²) in [5, 5.41) is -0.0992. The Morgan fingerprint density at radius 2 is 2.11 bits per heavy atom. The number of hydrogen-bond acceptors (Lipinski definition) is 1. The van der Waals surface area contributed by atoms with Gasteiger partial charge < -0.3 is 5.73 Å². The Morgan fingerprint density at radius 3 is 2.78 bits per heavy atom. The second kappa shape index (κ2) is 2.46. The van der Waals surface area contributed by atoms with E-state index in [9.17, 15) is 0 Å². The quantitative estimate of drug-likeness (QED) is 0.587. The molecule has 0 unspecified atom stereocenters. The highest BCUT2D eigenvalue weighted by Gasteiger charge is 1.97. The van der Waals surface area contributed by atoms with Crippen molar-refractivity contribution in [1.29, 1.82) is 0 Å². The molecule has 0 amide bonds. The summed E-state index contributed by atoms with van der Waals surface area (Å²) >= 11 is 11.1. The van der Waals surface area contributed by atoms with Crippen LogP contribution in [0.4, 0.5) is 5.69 Å². The minimum absolute atomic E-state index is 0.0253. The Kier molecular flexibility index (Phi) is 1.01. The number of rotatable bonds is 0. The molecule has 0 heterocycles. The van der Waals surface area contributed by atoms with Gasteiger partial charge in [0.15, 0.2) is 0 Å². The predicted molar refractivity (Wildman–Crippen MR) is 40.9 cm³/mol. The first-order chi connectivity index (χ1) is 5.46. The van der Waals surface area contributed by atoms with Crippen LogP contribution in [-0.4, -0.2) is 0 Å². The summed E-state index contributed by atoms with van der Waals surface area (Å²) < 4.78 is 21.7. The van der Waals surface area contributed by atoms with Crippen molar-refractivity contribution < 1.29 is 4.11 Å². The Bertz CT molecular complexity index is 235. The van der Waals surface area contributed by atoms with Crippen molar-refractivity contribution in [3.05, 3.63) is 28.2 Å². The van der Waals surface area contributed by atoms with Gasteiger partial charge >= 0.3 is 0 Å². The van der Waals surface area contributed by atoms with Crippen LogP contribution in [0.1, 0.15) is 4.11 Å². The largest absolute Gasteiger partial charge is 0.397 e. The van der Waals surface area contributed by atoms with E-state index in [0.717, 1.165) is 0 Å². The van der Waals surface area contributed by atoms with Gasteiger partial charge in [-0.2, -0.15) is 0 Å². The van der Waals surface area contributed by atoms with E-state index in [-0.39, 0.29) is 33.9 Å². The van der Waals surface area contributed by atoms with Gasteiger partial charge in [-0.25, -0.2) is 0 Å². The van der Waals surface area contributed by atoms with E-state index in [4.69, 9.17) is 33.0 Å². The van der Waals surface area contributed by atoms with E-state index in [0.29, 0.717) is 0 Å². The Hall–Kier alpha value is -0.400. The minimum atomic E-state index is -0.304. The third kappa shape index (κ3) is 1.29. The molecule has 1 aromatic carbocycles. The second-order valence-electron chi connectivity index (χ2n) is 1.42. The maximum atomic E-state index is 7.25. The molecule has 0 saturated heterocycles. The SMILES string of the molecule is [2H]c1c([2H])c(N)c(Cl)c(Cl)c1[2H]. The third-order valence-corrected chi connectivity index (χ3v) is 1.57. The summed E-state index contributed by atoms with van der Waals surface area (Å²) in [5.74, 6) is 0. The fraction of sp³-hybridized carbons (Fsp3) is 0. The van der Waals surface area contributed by atoms with Crippen molar-refractivity contribution in [1.82, 2.24) is 0 Å². The second-order valence-corrected chi connectivity index (χ2v) is 2.17. The maximum absolute atomic E-state index is 7.25. The molecule has 0 spiro atoms. The molecule has 0 bridgehead atoms. The highest BCUT2D eigenvalue weighted by atomic mass is 35.5. The van der Waals surface area contributed by atoms with Gasteiger partial charge in [0, 0.05) is 0 Å². The Balaban J connectivity index is 3.60. The molecule has 0 aliphatic carbocycles. The highest BCUT2D eigenvalue weighted by Crippen LogP contribution is 2.26. The van der Waals surface area contributed by atoms with Crippen LogP contribution >= 0.6 is 23.2 Å². The van der Waals surface area contributed by atoms with Crippen LogP contribution in [0.25, 0.3) is 0 Å². The lowest BCUT2D eigenvalue weighted by Gasteiger charge is -1.96. The molecular weight excluding hydrogens is 157 g/mol. The van der Waals surface area contributed by atoms with Crippen molar-refractivity contribution in [2.75, 3.05) is 5.73 Å². The number of nitrogens with two attached hydrogens (primary N) is 1. The van der Waals surface area contributed by atoms with Crippen molar-refractivity contribution in [2.24, 2.45) is 0 Å². The van der Waals surface area contributed by atoms with Gasteiger partial charge in [-0.15, -0.1) is 0 Å². The van der Waals surface area contributed by atoms with E-state index >= 15 is 0 Å². The molecule has 0 aliphatic heterocycles. The molecule has 2 N–H and O–H groups in total. The zero-order valence-electron chi connectivity index (χ0n) is 7.33. The van der Waals surface area contributed by atoms with E-state index in [1.54, 1.807) is 0 Å². The molecule has 1 nitrogen and oxygen atoms in total. The zero-order valence-corrected chi connectivity index (χ0v) is 5.85. The summed E-state index contributed by atoms with van der Waals surface area (Å²) in [6.45, 7) is 0. The first-order valence-corrected chi connectivity index (χ1v) is 2.92. The lowest BCUT2D eigenvalue weighted by molar-refractivity contribution is 1.68. The Labute approximate surface area is 67.6 Å². The van der Waals surface area contributed by atoms with Crippen LogP contribution in [0.3, 0.4) is 0 Å². The molecule has 0 atom stereocenters. The van der Waals surface area contributed by atoms with E-state index in [1.807, 2.05) is 0 Å². The summed E-state index contributed by atoms with van der Waals surface area (Å²) in [4.78, 5) is 0. The first-order valence-electron chi connectivity index (χ1n) is 3.67. The monoisotopic (exact) mass is 164 g/mol. The molecule has 1 rings (SSSR count). The zero-order chi connectivity index (χ0) is 9.46. The van der Waals surface area contributed by atoms with Gasteiger partial charge in [0.2, 0.25) is 0 Å². The van der Waals surface area contributed by atoms with Gasteiger partial charge in [0.25, 0.3) is 0 Å². The van der Waals surface area contributed by atoms with E-state index in [1.165, 1.54) is 0 Å². The standard InChI is InChI=1S/C6H5Cl2N/c7-4-2-1-3-5(9)6(4)8/h1-3H,9H2/i1D,2D,3D. The first kappa shape index (κ1) is 3.69. The average molecular weight is 165 g/mol. The predicted octanol–water partition coefficient (Wildman–Crippen LogP) is 2.58. The molecular formula is C6H5Cl2N.